The van der Waals surface area contributed by atoms with E-state index in [1.165, 1.54) is 0 Å². The number of benzene rings is 1. The van der Waals surface area contributed by atoms with Gasteiger partial charge in [-0.2, -0.15) is 10.4 Å². The van der Waals surface area contributed by atoms with Crippen molar-refractivity contribution in [2.24, 2.45) is 7.05 Å². The molecule has 2 aromatic rings. The molecule has 0 saturated heterocycles. The van der Waals surface area contributed by atoms with Crippen molar-refractivity contribution in [3.8, 4) is 6.07 Å². The highest BCUT2D eigenvalue weighted by Crippen LogP contribution is 2.30. The Morgan fingerprint density at radius 3 is 2.39 bits per heavy atom. The van der Waals surface area contributed by atoms with Crippen molar-refractivity contribution in [2.45, 2.75) is 6.92 Å². The average Bonchev–Trinajstić information content (AvgIpc) is 2.63. The normalized spacial score (nSPS) is 10.1. The first-order valence-corrected chi connectivity index (χ1v) is 5.57. The smallest absolute Gasteiger partial charge is 0.154 e. The van der Waals surface area contributed by atoms with Crippen molar-refractivity contribution >= 4 is 17.2 Å². The molecule has 5 nitrogen and oxygen atoms in total. The molecule has 0 aliphatic carbocycles. The van der Waals surface area contributed by atoms with Gasteiger partial charge >= 0.3 is 0 Å². The Morgan fingerprint density at radius 1 is 1.33 bits per heavy atom. The molecule has 1 aromatic heterocycles. The number of aromatic nitrogens is 2. The lowest BCUT2D eigenvalue weighted by molar-refractivity contribution is 0.751. The van der Waals surface area contributed by atoms with E-state index in [0.29, 0.717) is 11.3 Å². The molecule has 1 heterocycles. The highest BCUT2D eigenvalue weighted by atomic mass is 15.4. The van der Waals surface area contributed by atoms with Crippen LogP contribution in [-0.4, -0.2) is 16.8 Å². The third-order valence-electron chi connectivity index (χ3n) is 2.94. The lowest BCUT2D eigenvalue weighted by Crippen LogP contribution is -2.15. The summed E-state index contributed by atoms with van der Waals surface area (Å²) in [7, 11) is 3.78. The third kappa shape index (κ3) is 1.89. The average molecular weight is 241 g/mol. The van der Waals surface area contributed by atoms with Gasteiger partial charge in [-0.3, -0.25) is 4.68 Å². The first kappa shape index (κ1) is 12.0. The van der Waals surface area contributed by atoms with E-state index in [4.69, 9.17) is 11.0 Å². The van der Waals surface area contributed by atoms with Crippen molar-refractivity contribution in [2.75, 3.05) is 17.7 Å². The molecule has 0 radical (unpaired) electrons. The van der Waals surface area contributed by atoms with Crippen LogP contribution < -0.4 is 10.6 Å². The van der Waals surface area contributed by atoms with Gasteiger partial charge in [0.05, 0.1) is 23.0 Å². The Morgan fingerprint density at radius 2 is 1.94 bits per heavy atom. The Balaban J connectivity index is 2.41. The Kier molecular flexibility index (Phi) is 2.94. The van der Waals surface area contributed by atoms with Crippen LogP contribution in [0.4, 0.5) is 17.2 Å². The largest absolute Gasteiger partial charge is 0.394 e. The van der Waals surface area contributed by atoms with Gasteiger partial charge in [-0.15, -0.1) is 0 Å². The van der Waals surface area contributed by atoms with Crippen LogP contribution in [-0.2, 0) is 7.05 Å². The second kappa shape index (κ2) is 4.41. The summed E-state index contributed by atoms with van der Waals surface area (Å²) in [6.07, 6.45) is 0. The summed E-state index contributed by atoms with van der Waals surface area (Å²) in [6, 6.07) is 9.44. The van der Waals surface area contributed by atoms with Gasteiger partial charge in [0.15, 0.2) is 5.82 Å². The molecule has 2 rings (SSSR count). The number of rotatable bonds is 2. The number of nitrogens with zero attached hydrogens (tertiary/aromatic N) is 4. The minimum atomic E-state index is 0.640. The lowest BCUT2D eigenvalue weighted by atomic mass is 10.2. The predicted octanol–water partition coefficient (Wildman–Crippen LogP) is 1.95. The summed E-state index contributed by atoms with van der Waals surface area (Å²) >= 11 is 0. The van der Waals surface area contributed by atoms with Crippen molar-refractivity contribution in [3.63, 3.8) is 0 Å². The van der Waals surface area contributed by atoms with Gasteiger partial charge in [-0.25, -0.2) is 0 Å². The van der Waals surface area contributed by atoms with E-state index in [2.05, 4.69) is 11.2 Å². The third-order valence-corrected chi connectivity index (χ3v) is 2.94. The van der Waals surface area contributed by atoms with Crippen molar-refractivity contribution in [1.29, 1.82) is 5.26 Å². The van der Waals surface area contributed by atoms with Crippen LogP contribution in [0.2, 0.25) is 0 Å². The van der Waals surface area contributed by atoms with E-state index in [-0.39, 0.29) is 0 Å². The maximum atomic E-state index is 8.78. The molecule has 0 bridgehead atoms. The lowest BCUT2D eigenvalue weighted by Gasteiger charge is -2.20. The summed E-state index contributed by atoms with van der Waals surface area (Å²) < 4.78 is 1.75. The highest BCUT2D eigenvalue weighted by molar-refractivity contribution is 5.73. The Bertz CT molecular complexity index is 604. The number of anilines is 3. The number of hydrogen-bond acceptors (Lipinski definition) is 4. The molecule has 5 heteroatoms. The molecule has 0 unspecified atom stereocenters. The second-order valence-corrected chi connectivity index (χ2v) is 4.16. The molecule has 0 fully saturated rings. The summed E-state index contributed by atoms with van der Waals surface area (Å²) in [6.45, 7) is 1.88. The van der Waals surface area contributed by atoms with E-state index in [1.807, 2.05) is 38.1 Å². The maximum absolute atomic E-state index is 8.78. The van der Waals surface area contributed by atoms with Crippen LogP contribution in [0.3, 0.4) is 0 Å². The van der Waals surface area contributed by atoms with Crippen LogP contribution in [0.15, 0.2) is 24.3 Å². The summed E-state index contributed by atoms with van der Waals surface area (Å²) in [5.74, 6) is 0.845. The number of hydrogen-bond donors (Lipinski definition) is 1. The van der Waals surface area contributed by atoms with Gasteiger partial charge in [-0.05, 0) is 31.2 Å². The van der Waals surface area contributed by atoms with Gasteiger partial charge in [0.25, 0.3) is 0 Å². The fraction of sp³-hybridized carbons (Fsp3) is 0.231. The quantitative estimate of drug-likeness (QED) is 0.872. The van der Waals surface area contributed by atoms with Gasteiger partial charge < -0.3 is 10.6 Å². The Hall–Kier alpha value is -2.48. The molecule has 1 aromatic carbocycles. The molecule has 0 spiro atoms. The van der Waals surface area contributed by atoms with Crippen LogP contribution >= 0.6 is 0 Å². The van der Waals surface area contributed by atoms with E-state index in [9.17, 15) is 0 Å². The molecule has 0 amide bonds. The monoisotopic (exact) mass is 241 g/mol. The fourth-order valence-electron chi connectivity index (χ4n) is 1.94. The summed E-state index contributed by atoms with van der Waals surface area (Å²) in [5, 5.41) is 13.1. The standard InChI is InChI=1S/C13H15N5/c1-9-12(15)13(18(3)16-9)17(2)11-6-4-10(8-14)5-7-11/h4-7H,15H2,1-3H3. The molecule has 2 N–H and O–H groups in total. The van der Waals surface area contributed by atoms with E-state index < -0.39 is 0 Å². The second-order valence-electron chi connectivity index (χ2n) is 4.16. The first-order valence-electron chi connectivity index (χ1n) is 5.57. The molecular formula is C13H15N5. The van der Waals surface area contributed by atoms with E-state index in [1.54, 1.807) is 16.8 Å². The number of nitrogen functional groups attached to an aromatic ring is 1. The van der Waals surface area contributed by atoms with Gasteiger partial charge in [-0.1, -0.05) is 0 Å². The van der Waals surface area contributed by atoms with Crippen LogP contribution in [0.5, 0.6) is 0 Å². The molecule has 92 valence electrons. The zero-order valence-corrected chi connectivity index (χ0v) is 10.7. The number of nitriles is 1. The van der Waals surface area contributed by atoms with E-state index in [0.717, 1.165) is 17.2 Å². The zero-order valence-electron chi connectivity index (χ0n) is 10.7. The topological polar surface area (TPSA) is 70.9 Å². The highest BCUT2D eigenvalue weighted by Gasteiger charge is 2.15. The first-order chi connectivity index (χ1) is 8.54. The van der Waals surface area contributed by atoms with Crippen molar-refractivity contribution in [1.82, 2.24) is 9.78 Å². The van der Waals surface area contributed by atoms with E-state index >= 15 is 0 Å². The number of aryl methyl sites for hydroxylation is 2. The molecule has 18 heavy (non-hydrogen) atoms. The fourth-order valence-corrected chi connectivity index (χ4v) is 1.94. The van der Waals surface area contributed by atoms with Crippen LogP contribution in [0.25, 0.3) is 0 Å². The predicted molar refractivity (Wildman–Crippen MR) is 71.6 cm³/mol. The van der Waals surface area contributed by atoms with Gasteiger partial charge in [0.2, 0.25) is 0 Å². The maximum Gasteiger partial charge on any atom is 0.154 e. The van der Waals surface area contributed by atoms with Gasteiger partial charge in [0, 0.05) is 19.8 Å². The SMILES string of the molecule is Cc1nn(C)c(N(C)c2ccc(C#N)cc2)c1N. The van der Waals surface area contributed by atoms with Crippen molar-refractivity contribution < 1.29 is 0 Å². The molecule has 0 aliphatic heterocycles. The minimum absolute atomic E-state index is 0.640. The molecular weight excluding hydrogens is 226 g/mol. The molecule has 0 saturated carbocycles. The van der Waals surface area contributed by atoms with Crippen LogP contribution in [0.1, 0.15) is 11.3 Å². The number of nitrogens with two attached hydrogens (primary N) is 1. The van der Waals surface area contributed by atoms with Crippen molar-refractivity contribution in [3.05, 3.63) is 35.5 Å². The Labute approximate surface area is 106 Å². The minimum Gasteiger partial charge on any atom is -0.394 e. The summed E-state index contributed by atoms with van der Waals surface area (Å²) in [4.78, 5) is 1.95. The van der Waals surface area contributed by atoms with Gasteiger partial charge in [0.1, 0.15) is 0 Å². The molecule has 0 aliphatic rings. The molecule has 0 atom stereocenters. The summed E-state index contributed by atoms with van der Waals surface area (Å²) in [5.41, 5.74) is 9.11. The zero-order chi connectivity index (χ0) is 13.3. The van der Waals surface area contributed by atoms with Crippen LogP contribution in [0, 0.1) is 18.3 Å².